The number of aromatic nitrogens is 2. The lowest BCUT2D eigenvalue weighted by Crippen LogP contribution is -2.55. The average molecular weight is 521 g/mol. The van der Waals surface area contributed by atoms with Crippen LogP contribution >= 0.6 is 0 Å². The first kappa shape index (κ1) is 25.5. The van der Waals surface area contributed by atoms with Crippen LogP contribution in [0.1, 0.15) is 45.1 Å². The number of nitriles is 1. The molecule has 2 aliphatic rings. The second-order valence-electron chi connectivity index (χ2n) is 10.1. The summed E-state index contributed by atoms with van der Waals surface area (Å²) in [6.45, 7) is 3.00. The molecule has 0 spiro atoms. The highest BCUT2D eigenvalue weighted by molar-refractivity contribution is 5.85. The van der Waals surface area contributed by atoms with E-state index in [-0.39, 0.29) is 41.3 Å². The predicted octanol–water partition coefficient (Wildman–Crippen LogP) is 4.76. The minimum atomic E-state index is -1.43. The second-order valence-corrected chi connectivity index (χ2v) is 10.1. The maximum Gasteiger partial charge on any atom is 0.254 e. The van der Waals surface area contributed by atoms with Crippen LogP contribution in [-0.4, -0.2) is 49.7 Å². The van der Waals surface area contributed by atoms with Gasteiger partial charge in [0.1, 0.15) is 34.8 Å². The van der Waals surface area contributed by atoms with Gasteiger partial charge in [-0.15, -0.1) is 0 Å². The Balaban J connectivity index is 1.28. The topological polar surface area (TPSA) is 109 Å². The van der Waals surface area contributed by atoms with Gasteiger partial charge in [-0.25, -0.2) is 13.8 Å². The number of aliphatic hydroxyl groups is 1. The number of piperidine rings is 1. The summed E-state index contributed by atoms with van der Waals surface area (Å²) in [5.41, 5.74) is -0.274. The Bertz CT molecular complexity index is 1400. The van der Waals surface area contributed by atoms with E-state index in [0.717, 1.165) is 25.0 Å². The molecule has 0 radical (unpaired) electrons. The molecule has 1 aromatic carbocycles. The van der Waals surface area contributed by atoms with Crippen molar-refractivity contribution in [2.24, 2.45) is 0 Å². The van der Waals surface area contributed by atoms with Crippen LogP contribution in [0.2, 0.25) is 0 Å². The van der Waals surface area contributed by atoms with Crippen molar-refractivity contribution in [2.45, 2.75) is 63.3 Å². The molecule has 10 heteroatoms. The minimum Gasteiger partial charge on any atom is -0.473 e. The van der Waals surface area contributed by atoms with Gasteiger partial charge in [0.05, 0.1) is 12.4 Å². The lowest BCUT2D eigenvalue weighted by Gasteiger charge is -2.41. The van der Waals surface area contributed by atoms with Gasteiger partial charge in [-0.3, -0.25) is 9.78 Å². The van der Waals surface area contributed by atoms with Gasteiger partial charge in [0, 0.05) is 42.8 Å². The summed E-state index contributed by atoms with van der Waals surface area (Å²) < 4.78 is 38.9. The number of benzene rings is 1. The number of carbonyl (C=O) groups is 1. The smallest absolute Gasteiger partial charge is 0.254 e. The van der Waals surface area contributed by atoms with Crippen molar-refractivity contribution in [3.63, 3.8) is 0 Å². The summed E-state index contributed by atoms with van der Waals surface area (Å²) in [6, 6.07) is 8.72. The van der Waals surface area contributed by atoms with E-state index in [1.165, 1.54) is 44.6 Å². The normalized spacial score (nSPS) is 20.6. The van der Waals surface area contributed by atoms with E-state index in [9.17, 15) is 23.9 Å². The summed E-state index contributed by atoms with van der Waals surface area (Å²) in [6.07, 6.45) is 7.03. The quantitative estimate of drug-likeness (QED) is 0.499. The zero-order valence-corrected chi connectivity index (χ0v) is 20.9. The first-order valence-corrected chi connectivity index (χ1v) is 12.3. The number of pyridine rings is 2. The Morgan fingerprint density at radius 1 is 1.05 bits per heavy atom. The van der Waals surface area contributed by atoms with Crippen molar-refractivity contribution in [3.05, 3.63) is 66.1 Å². The molecule has 1 amide bonds. The Morgan fingerprint density at radius 3 is 2.42 bits per heavy atom. The highest BCUT2D eigenvalue weighted by Gasteiger charge is 2.47. The molecule has 3 aromatic rings. The van der Waals surface area contributed by atoms with Gasteiger partial charge >= 0.3 is 0 Å². The van der Waals surface area contributed by atoms with Gasteiger partial charge in [-0.1, -0.05) is 6.07 Å². The summed E-state index contributed by atoms with van der Waals surface area (Å²) in [5.74, 6) is -1.39. The van der Waals surface area contributed by atoms with Gasteiger partial charge in [0.25, 0.3) is 5.91 Å². The maximum atomic E-state index is 13.6. The summed E-state index contributed by atoms with van der Waals surface area (Å²) in [7, 11) is 0. The predicted molar refractivity (Wildman–Crippen MR) is 132 cm³/mol. The summed E-state index contributed by atoms with van der Waals surface area (Å²) in [5, 5.41) is 19.9. The summed E-state index contributed by atoms with van der Waals surface area (Å²) >= 11 is 0. The van der Waals surface area contributed by atoms with Crippen molar-refractivity contribution in [1.82, 2.24) is 14.9 Å². The van der Waals surface area contributed by atoms with Gasteiger partial charge in [-0.2, -0.15) is 5.26 Å². The third kappa shape index (κ3) is 5.15. The van der Waals surface area contributed by atoms with Crippen molar-refractivity contribution in [3.8, 4) is 34.6 Å². The standard InChI is InChI=1S/C28H26F2N4O4/c1-28(2,36)27(35)34-19-4-5-20(34)11-21(10-19)38-26-17(12-31)7-23(15-33-26)37-22-8-18(13-32-14-22)16-3-6-24(29)25(30)9-16/h3,6-9,13-15,19-21,36H,4-5,10-11H2,1-2H3. The van der Waals surface area contributed by atoms with E-state index in [1.54, 1.807) is 11.0 Å². The zero-order valence-electron chi connectivity index (χ0n) is 20.9. The van der Waals surface area contributed by atoms with Crippen LogP contribution < -0.4 is 9.47 Å². The van der Waals surface area contributed by atoms with E-state index in [1.807, 2.05) is 0 Å². The SMILES string of the molecule is CC(C)(O)C(=O)N1C2CCC1CC(Oc1ncc(Oc3cncc(-c4ccc(F)c(F)c4)c3)cc1C#N)C2. The number of nitrogens with zero attached hydrogens (tertiary/aromatic N) is 4. The number of hydrogen-bond acceptors (Lipinski definition) is 7. The van der Waals surface area contributed by atoms with Gasteiger partial charge in [0.2, 0.25) is 5.88 Å². The van der Waals surface area contributed by atoms with Crippen LogP contribution in [-0.2, 0) is 4.79 Å². The van der Waals surface area contributed by atoms with Crippen LogP contribution in [0.15, 0.2) is 48.9 Å². The Morgan fingerprint density at radius 2 is 1.76 bits per heavy atom. The zero-order chi connectivity index (χ0) is 27.0. The fourth-order valence-corrected chi connectivity index (χ4v) is 5.14. The lowest BCUT2D eigenvalue weighted by molar-refractivity contribution is -0.154. The second kappa shape index (κ2) is 9.99. The molecule has 2 bridgehead atoms. The molecule has 4 heterocycles. The number of halogens is 2. The van der Waals surface area contributed by atoms with Crippen LogP contribution in [0.3, 0.4) is 0 Å². The molecule has 196 valence electrons. The third-order valence-corrected chi connectivity index (χ3v) is 6.87. The van der Waals surface area contributed by atoms with E-state index < -0.39 is 17.2 Å². The Kier molecular flexibility index (Phi) is 6.71. The van der Waals surface area contributed by atoms with Crippen LogP contribution in [0.25, 0.3) is 11.1 Å². The molecular formula is C28H26F2N4O4. The van der Waals surface area contributed by atoms with E-state index in [4.69, 9.17) is 9.47 Å². The molecule has 38 heavy (non-hydrogen) atoms. The maximum absolute atomic E-state index is 13.6. The molecule has 2 fully saturated rings. The molecule has 2 saturated heterocycles. The highest BCUT2D eigenvalue weighted by Crippen LogP contribution is 2.39. The first-order chi connectivity index (χ1) is 18.1. The molecule has 8 nitrogen and oxygen atoms in total. The van der Waals surface area contributed by atoms with Crippen molar-refractivity contribution >= 4 is 5.91 Å². The summed E-state index contributed by atoms with van der Waals surface area (Å²) in [4.78, 5) is 22.9. The Hall–Kier alpha value is -4.10. The van der Waals surface area contributed by atoms with Crippen LogP contribution in [0, 0.1) is 23.0 Å². The molecule has 0 saturated carbocycles. The fraction of sp³-hybridized carbons (Fsp3) is 0.357. The van der Waals surface area contributed by atoms with Crippen molar-refractivity contribution < 1.29 is 28.2 Å². The van der Waals surface area contributed by atoms with E-state index in [2.05, 4.69) is 16.0 Å². The van der Waals surface area contributed by atoms with Crippen molar-refractivity contribution in [1.29, 1.82) is 5.26 Å². The van der Waals surface area contributed by atoms with Crippen LogP contribution in [0.4, 0.5) is 8.78 Å². The molecule has 5 rings (SSSR count). The van der Waals surface area contributed by atoms with Crippen molar-refractivity contribution in [2.75, 3.05) is 0 Å². The average Bonchev–Trinajstić information content (AvgIpc) is 3.15. The molecule has 1 N–H and O–H groups in total. The molecular weight excluding hydrogens is 494 g/mol. The van der Waals surface area contributed by atoms with E-state index in [0.29, 0.717) is 29.7 Å². The van der Waals surface area contributed by atoms with Gasteiger partial charge < -0.3 is 19.5 Å². The van der Waals surface area contributed by atoms with Gasteiger partial charge in [0.15, 0.2) is 11.6 Å². The van der Waals surface area contributed by atoms with Gasteiger partial charge in [-0.05, 0) is 50.5 Å². The van der Waals surface area contributed by atoms with Crippen LogP contribution in [0.5, 0.6) is 17.4 Å². The highest BCUT2D eigenvalue weighted by atomic mass is 19.2. The fourth-order valence-electron chi connectivity index (χ4n) is 5.14. The third-order valence-electron chi connectivity index (χ3n) is 6.87. The number of hydrogen-bond donors (Lipinski definition) is 1. The molecule has 0 aliphatic carbocycles. The molecule has 2 aliphatic heterocycles. The molecule has 2 unspecified atom stereocenters. The minimum absolute atomic E-state index is 0.0276. The number of fused-ring (bicyclic) bond motifs is 2. The monoisotopic (exact) mass is 520 g/mol. The lowest BCUT2D eigenvalue weighted by atomic mass is 9.96. The number of amides is 1. The molecule has 2 aromatic heterocycles. The number of ether oxygens (including phenoxy) is 2. The number of rotatable bonds is 6. The molecule has 2 atom stereocenters. The Labute approximate surface area is 218 Å². The first-order valence-electron chi connectivity index (χ1n) is 12.3. The number of carbonyl (C=O) groups excluding carboxylic acids is 1. The van der Waals surface area contributed by atoms with E-state index >= 15 is 0 Å². The largest absolute Gasteiger partial charge is 0.473 e.